The zero-order chi connectivity index (χ0) is 10.1. The minimum Gasteiger partial charge on any atom is -0.386 e. The average Bonchev–Trinajstić information content (AvgIpc) is 2.47. The molecular formula is C9H21NO2Si. The minimum atomic E-state index is -2.01. The fourth-order valence-electron chi connectivity index (χ4n) is 2.12. The van der Waals surface area contributed by atoms with Crippen molar-refractivity contribution in [2.45, 2.75) is 38.8 Å². The SMILES string of the molecule is CO[Si]1(OC)CCCN1C(C)(C)C. The van der Waals surface area contributed by atoms with Crippen LogP contribution in [0.1, 0.15) is 27.2 Å². The molecule has 3 nitrogen and oxygen atoms in total. The van der Waals surface area contributed by atoms with Gasteiger partial charge in [-0.2, -0.15) is 0 Å². The third kappa shape index (κ3) is 1.96. The Morgan fingerprint density at radius 2 is 1.69 bits per heavy atom. The van der Waals surface area contributed by atoms with E-state index in [1.165, 1.54) is 6.42 Å². The molecule has 0 N–H and O–H groups in total. The first kappa shape index (κ1) is 11.2. The second-order valence-electron chi connectivity index (χ2n) is 4.55. The van der Waals surface area contributed by atoms with Crippen molar-refractivity contribution in [3.63, 3.8) is 0 Å². The maximum atomic E-state index is 5.63. The van der Waals surface area contributed by atoms with Crippen LogP contribution < -0.4 is 0 Å². The highest BCUT2D eigenvalue weighted by atomic mass is 28.4. The Morgan fingerprint density at radius 1 is 1.15 bits per heavy atom. The largest absolute Gasteiger partial charge is 0.427 e. The van der Waals surface area contributed by atoms with Gasteiger partial charge in [-0.25, -0.2) is 0 Å². The van der Waals surface area contributed by atoms with Crippen LogP contribution in [-0.2, 0) is 8.85 Å². The first-order valence-corrected chi connectivity index (χ1v) is 6.81. The molecule has 1 aliphatic heterocycles. The maximum absolute atomic E-state index is 5.63. The summed E-state index contributed by atoms with van der Waals surface area (Å²) in [5.41, 5.74) is 0.161. The van der Waals surface area contributed by atoms with Crippen LogP contribution in [0.3, 0.4) is 0 Å². The monoisotopic (exact) mass is 203 g/mol. The van der Waals surface area contributed by atoms with Gasteiger partial charge in [0.05, 0.1) is 0 Å². The molecule has 0 radical (unpaired) electrons. The van der Waals surface area contributed by atoms with Gasteiger partial charge in [-0.3, -0.25) is 4.57 Å². The summed E-state index contributed by atoms with van der Waals surface area (Å²) < 4.78 is 13.7. The number of hydrogen-bond acceptors (Lipinski definition) is 3. The van der Waals surface area contributed by atoms with E-state index < -0.39 is 8.72 Å². The van der Waals surface area contributed by atoms with E-state index in [9.17, 15) is 0 Å². The predicted octanol–water partition coefficient (Wildman–Crippen LogP) is 1.72. The number of hydrogen-bond donors (Lipinski definition) is 0. The summed E-state index contributed by atoms with van der Waals surface area (Å²) in [5, 5.41) is 0. The highest BCUT2D eigenvalue weighted by Gasteiger charge is 2.51. The highest BCUT2D eigenvalue weighted by Crippen LogP contribution is 2.33. The van der Waals surface area contributed by atoms with Crippen LogP contribution >= 0.6 is 0 Å². The van der Waals surface area contributed by atoms with Gasteiger partial charge in [0, 0.05) is 25.8 Å². The lowest BCUT2D eigenvalue weighted by molar-refractivity contribution is 0.130. The van der Waals surface area contributed by atoms with Gasteiger partial charge in [-0.05, 0) is 33.7 Å². The molecule has 1 rings (SSSR count). The topological polar surface area (TPSA) is 21.7 Å². The molecule has 0 aliphatic carbocycles. The fraction of sp³-hybridized carbons (Fsp3) is 1.00. The van der Waals surface area contributed by atoms with Gasteiger partial charge in [0.15, 0.2) is 0 Å². The second kappa shape index (κ2) is 3.69. The van der Waals surface area contributed by atoms with Crippen molar-refractivity contribution in [2.75, 3.05) is 20.8 Å². The lowest BCUT2D eigenvalue weighted by atomic mass is 10.1. The molecule has 1 heterocycles. The molecule has 13 heavy (non-hydrogen) atoms. The molecule has 0 unspecified atom stereocenters. The number of rotatable bonds is 2. The van der Waals surface area contributed by atoms with Crippen LogP contribution in [0.2, 0.25) is 6.04 Å². The molecule has 78 valence electrons. The van der Waals surface area contributed by atoms with E-state index >= 15 is 0 Å². The Labute approximate surface area is 82.3 Å². The van der Waals surface area contributed by atoms with E-state index in [0.29, 0.717) is 0 Å². The fourth-order valence-corrected chi connectivity index (χ4v) is 5.53. The molecule has 0 bridgehead atoms. The first-order valence-electron chi connectivity index (χ1n) is 4.84. The van der Waals surface area contributed by atoms with Gasteiger partial charge in [0.25, 0.3) is 0 Å². The molecular weight excluding hydrogens is 182 g/mol. The van der Waals surface area contributed by atoms with Gasteiger partial charge in [0.1, 0.15) is 0 Å². The summed E-state index contributed by atoms with van der Waals surface area (Å²) in [5.74, 6) is 0. The molecule has 0 saturated carbocycles. The third-order valence-corrected chi connectivity index (χ3v) is 6.71. The van der Waals surface area contributed by atoms with Gasteiger partial charge in [-0.1, -0.05) is 0 Å². The molecule has 1 saturated heterocycles. The van der Waals surface area contributed by atoms with Crippen molar-refractivity contribution >= 4 is 8.72 Å². The molecule has 0 aromatic carbocycles. The summed E-state index contributed by atoms with van der Waals surface area (Å²) in [7, 11) is 1.54. The molecule has 1 fully saturated rings. The van der Waals surface area contributed by atoms with Gasteiger partial charge < -0.3 is 8.85 Å². The highest BCUT2D eigenvalue weighted by molar-refractivity contribution is 6.65. The van der Waals surface area contributed by atoms with Crippen molar-refractivity contribution < 1.29 is 8.85 Å². The summed E-state index contributed by atoms with van der Waals surface area (Å²) in [6.07, 6.45) is 1.20. The predicted molar refractivity (Wildman–Crippen MR) is 55.7 cm³/mol. The van der Waals surface area contributed by atoms with Crippen LogP contribution in [0.15, 0.2) is 0 Å². The van der Waals surface area contributed by atoms with Crippen LogP contribution in [0, 0.1) is 0 Å². The Morgan fingerprint density at radius 3 is 2.00 bits per heavy atom. The molecule has 0 spiro atoms. The summed E-state index contributed by atoms with van der Waals surface area (Å²) >= 11 is 0. The van der Waals surface area contributed by atoms with Crippen LogP contribution in [-0.4, -0.2) is 39.6 Å². The normalized spacial score (nSPS) is 23.8. The van der Waals surface area contributed by atoms with Crippen LogP contribution in [0.25, 0.3) is 0 Å². The quantitative estimate of drug-likeness (QED) is 0.638. The van der Waals surface area contributed by atoms with E-state index in [1.54, 1.807) is 14.2 Å². The average molecular weight is 203 g/mol. The standard InChI is InChI=1S/C9H21NO2Si/c1-9(2,3)10-7-6-8-13(10,11-4)12-5/h6-8H2,1-5H3. The third-order valence-electron chi connectivity index (χ3n) is 2.73. The van der Waals surface area contributed by atoms with E-state index in [1.807, 2.05) is 0 Å². The lowest BCUT2D eigenvalue weighted by Gasteiger charge is -2.41. The molecule has 1 aliphatic rings. The Bertz CT molecular complexity index is 175. The zero-order valence-electron chi connectivity index (χ0n) is 9.39. The van der Waals surface area contributed by atoms with Crippen molar-refractivity contribution in [1.82, 2.24) is 4.57 Å². The Balaban J connectivity index is 2.84. The van der Waals surface area contributed by atoms with E-state index in [-0.39, 0.29) is 5.54 Å². The van der Waals surface area contributed by atoms with Crippen molar-refractivity contribution in [2.24, 2.45) is 0 Å². The summed E-state index contributed by atoms with van der Waals surface area (Å²) in [6, 6.07) is 1.09. The van der Waals surface area contributed by atoms with E-state index in [4.69, 9.17) is 8.85 Å². The molecule has 0 amide bonds. The Hall–Kier alpha value is 0.0969. The van der Waals surface area contributed by atoms with Crippen molar-refractivity contribution in [3.05, 3.63) is 0 Å². The van der Waals surface area contributed by atoms with Crippen molar-refractivity contribution in [3.8, 4) is 0 Å². The summed E-state index contributed by atoms with van der Waals surface area (Å²) in [6.45, 7) is 7.77. The molecule has 0 atom stereocenters. The molecule has 0 aromatic rings. The first-order chi connectivity index (χ1) is 5.96. The Kier molecular flexibility index (Phi) is 3.17. The van der Waals surface area contributed by atoms with Gasteiger partial charge >= 0.3 is 8.72 Å². The molecule has 0 aromatic heterocycles. The lowest BCUT2D eigenvalue weighted by Crippen LogP contribution is -2.60. The van der Waals surface area contributed by atoms with Gasteiger partial charge in [0.2, 0.25) is 0 Å². The second-order valence-corrected chi connectivity index (χ2v) is 7.83. The number of nitrogens with zero attached hydrogens (tertiary/aromatic N) is 1. The zero-order valence-corrected chi connectivity index (χ0v) is 10.4. The van der Waals surface area contributed by atoms with E-state index in [2.05, 4.69) is 25.3 Å². The maximum Gasteiger partial charge on any atom is 0.427 e. The van der Waals surface area contributed by atoms with E-state index in [0.717, 1.165) is 12.6 Å². The van der Waals surface area contributed by atoms with Crippen LogP contribution in [0.5, 0.6) is 0 Å². The minimum absolute atomic E-state index is 0.161. The van der Waals surface area contributed by atoms with Crippen molar-refractivity contribution in [1.29, 1.82) is 0 Å². The van der Waals surface area contributed by atoms with Crippen LogP contribution in [0.4, 0.5) is 0 Å². The smallest absolute Gasteiger partial charge is 0.386 e. The summed E-state index contributed by atoms with van der Waals surface area (Å²) in [4.78, 5) is 0. The van der Waals surface area contributed by atoms with Gasteiger partial charge in [-0.15, -0.1) is 0 Å². The molecule has 4 heteroatoms.